The van der Waals surface area contributed by atoms with Gasteiger partial charge in [-0.15, -0.1) is 11.8 Å². The maximum Gasteiger partial charge on any atom is 0.250 e. The summed E-state index contributed by atoms with van der Waals surface area (Å²) in [5, 5.41) is 0. The molecule has 1 heterocycles. The van der Waals surface area contributed by atoms with Gasteiger partial charge in [0.1, 0.15) is 0 Å². The van der Waals surface area contributed by atoms with Crippen LogP contribution < -0.4 is 0 Å². The Labute approximate surface area is 214 Å². The van der Waals surface area contributed by atoms with Crippen LogP contribution in [0.15, 0.2) is 52.3 Å². The van der Waals surface area contributed by atoms with Crippen LogP contribution >= 0.6 is 81.4 Å². The van der Waals surface area contributed by atoms with Crippen molar-refractivity contribution in [3.05, 3.63) is 59.0 Å². The Morgan fingerprint density at radius 3 is 2.13 bits per heavy atom. The Hall–Kier alpha value is -0.420. The van der Waals surface area contributed by atoms with Crippen molar-refractivity contribution in [2.24, 2.45) is 0 Å². The molecule has 0 fully saturated rings. The van der Waals surface area contributed by atoms with Crippen LogP contribution in [0, 0.1) is 0 Å². The lowest BCUT2D eigenvalue weighted by molar-refractivity contribution is 0.171. The summed E-state index contributed by atoms with van der Waals surface area (Å²) in [6.45, 7) is 1.23. The van der Waals surface area contributed by atoms with E-state index in [1.54, 1.807) is 11.8 Å². The highest BCUT2D eigenvalue weighted by molar-refractivity contribution is 7.99. The molecule has 0 amide bonds. The van der Waals surface area contributed by atoms with Crippen LogP contribution in [-0.4, -0.2) is 33.9 Å². The summed E-state index contributed by atoms with van der Waals surface area (Å²) in [5.41, 5.74) is 7.89. The summed E-state index contributed by atoms with van der Waals surface area (Å²) >= 11 is 37.2. The third kappa shape index (κ3) is 7.84. The van der Waals surface area contributed by atoms with Crippen molar-refractivity contribution in [1.29, 1.82) is 0 Å². The van der Waals surface area contributed by atoms with E-state index in [-0.39, 0.29) is 17.5 Å². The van der Waals surface area contributed by atoms with Gasteiger partial charge < -0.3 is 4.74 Å². The summed E-state index contributed by atoms with van der Waals surface area (Å²) in [4.78, 5) is 13.5. The zero-order valence-electron chi connectivity index (χ0n) is 15.8. The van der Waals surface area contributed by atoms with Crippen LogP contribution in [-0.2, 0) is 12.3 Å². The van der Waals surface area contributed by atoms with E-state index in [1.807, 2.05) is 30.3 Å². The molecule has 1 aliphatic carbocycles. The molecule has 0 saturated heterocycles. The second-order valence-electron chi connectivity index (χ2n) is 6.34. The normalized spacial score (nSPS) is 14.1. The standard InChI is InChI=1S/C20H15Cl6N3OS/c21-19(22,23)17-27-16(28-18(29-17)20(24,25)26)14-6-8-15(9-7-14)31-11-10-30-12-13-4-2-1-3-5-13/h1,6-9H,2,4,10-12H2. The highest BCUT2D eigenvalue weighted by Crippen LogP contribution is 2.40. The molecule has 0 saturated carbocycles. The molecule has 3 rings (SSSR count). The smallest absolute Gasteiger partial charge is 0.250 e. The van der Waals surface area contributed by atoms with Crippen molar-refractivity contribution >= 4 is 81.4 Å². The van der Waals surface area contributed by atoms with Crippen LogP contribution in [0.1, 0.15) is 24.5 Å². The molecule has 1 aliphatic rings. The van der Waals surface area contributed by atoms with Crippen molar-refractivity contribution in [2.45, 2.75) is 25.3 Å². The second kappa shape index (κ2) is 11.1. The Kier molecular flexibility index (Phi) is 9.06. The maximum atomic E-state index is 5.92. The number of rotatable bonds is 7. The molecule has 0 N–H and O–H groups in total. The lowest BCUT2D eigenvalue weighted by atomic mass is 10.1. The largest absolute Gasteiger partial charge is 0.376 e. The molecule has 0 aliphatic heterocycles. The van der Waals surface area contributed by atoms with Gasteiger partial charge in [-0.25, -0.2) is 15.0 Å². The van der Waals surface area contributed by atoms with E-state index in [0.717, 1.165) is 29.1 Å². The molecule has 2 aromatic rings. The summed E-state index contributed by atoms with van der Waals surface area (Å²) < 4.78 is 1.92. The number of halogens is 6. The topological polar surface area (TPSA) is 47.9 Å². The molecule has 0 unspecified atom stereocenters. The quantitative estimate of drug-likeness (QED) is 0.154. The Bertz CT molecular complexity index is 988. The van der Waals surface area contributed by atoms with Crippen LogP contribution in [0.4, 0.5) is 0 Å². The number of aromatic nitrogens is 3. The molecule has 164 valence electrons. The third-order valence-electron chi connectivity index (χ3n) is 3.97. The predicted molar refractivity (Wildman–Crippen MR) is 130 cm³/mol. The van der Waals surface area contributed by atoms with Gasteiger partial charge in [-0.1, -0.05) is 93.2 Å². The van der Waals surface area contributed by atoms with Crippen molar-refractivity contribution in [3.8, 4) is 11.4 Å². The molecule has 1 aromatic heterocycles. The minimum Gasteiger partial charge on any atom is -0.376 e. The molecule has 0 bridgehead atoms. The number of hydrogen-bond acceptors (Lipinski definition) is 5. The van der Waals surface area contributed by atoms with Gasteiger partial charge in [0.15, 0.2) is 17.5 Å². The molecule has 31 heavy (non-hydrogen) atoms. The van der Waals surface area contributed by atoms with Crippen molar-refractivity contribution in [2.75, 3.05) is 19.0 Å². The average Bonchev–Trinajstić information content (AvgIpc) is 2.73. The number of allylic oxidation sites excluding steroid dienone is 1. The first-order chi connectivity index (χ1) is 14.6. The van der Waals surface area contributed by atoms with Crippen LogP contribution in [0.25, 0.3) is 11.4 Å². The van der Waals surface area contributed by atoms with Crippen LogP contribution in [0.2, 0.25) is 0 Å². The SMILES string of the molecule is ClC(Cl)(Cl)c1nc(-c2ccc(SCCOCC3=C=C=CCC3)cc2)nc(C(Cl)(Cl)Cl)n1. The van der Waals surface area contributed by atoms with Gasteiger partial charge in [0.05, 0.1) is 13.2 Å². The van der Waals surface area contributed by atoms with Gasteiger partial charge in [-0.05, 0) is 31.1 Å². The van der Waals surface area contributed by atoms with Gasteiger partial charge in [0, 0.05) is 21.8 Å². The molecule has 4 nitrogen and oxygen atoms in total. The van der Waals surface area contributed by atoms with Gasteiger partial charge >= 0.3 is 0 Å². The number of benzene rings is 1. The van der Waals surface area contributed by atoms with Gasteiger partial charge in [-0.3, -0.25) is 0 Å². The first-order valence-corrected chi connectivity index (χ1v) is 12.3. The van der Waals surface area contributed by atoms with Crippen molar-refractivity contribution < 1.29 is 4.74 Å². The second-order valence-corrected chi connectivity index (χ2v) is 12.1. The lowest BCUT2D eigenvalue weighted by Crippen LogP contribution is -2.16. The summed E-state index contributed by atoms with van der Waals surface area (Å²) in [6.07, 6.45) is 3.97. The maximum absolute atomic E-state index is 5.92. The Morgan fingerprint density at radius 2 is 1.58 bits per heavy atom. The fourth-order valence-electron chi connectivity index (χ4n) is 2.52. The zero-order valence-corrected chi connectivity index (χ0v) is 21.2. The fraction of sp³-hybridized carbons (Fsp3) is 0.350. The highest BCUT2D eigenvalue weighted by Gasteiger charge is 2.34. The number of hydrogen-bond donors (Lipinski definition) is 0. The predicted octanol–water partition coefficient (Wildman–Crippen LogP) is 7.33. The summed E-state index contributed by atoms with van der Waals surface area (Å²) in [5.74, 6) is 0.795. The van der Waals surface area contributed by atoms with E-state index in [1.165, 1.54) is 0 Å². The molecule has 1 aromatic carbocycles. The number of nitrogens with zero attached hydrogens (tertiary/aromatic N) is 3. The highest BCUT2D eigenvalue weighted by atomic mass is 35.6. The van der Waals surface area contributed by atoms with E-state index in [2.05, 4.69) is 26.4 Å². The first kappa shape index (κ1) is 25.2. The minimum absolute atomic E-state index is 0.127. The molecule has 11 heteroatoms. The van der Waals surface area contributed by atoms with E-state index in [9.17, 15) is 0 Å². The van der Waals surface area contributed by atoms with E-state index in [0.29, 0.717) is 18.8 Å². The average molecular weight is 558 g/mol. The summed E-state index contributed by atoms with van der Waals surface area (Å²) in [7, 11) is 0. The number of alkyl halides is 6. The molecular formula is C20H15Cl6N3OS. The van der Waals surface area contributed by atoms with Gasteiger partial charge in [0.25, 0.3) is 0 Å². The van der Waals surface area contributed by atoms with E-state index >= 15 is 0 Å². The molecular weight excluding hydrogens is 543 g/mol. The van der Waals surface area contributed by atoms with E-state index < -0.39 is 7.59 Å². The van der Waals surface area contributed by atoms with Crippen molar-refractivity contribution in [1.82, 2.24) is 15.0 Å². The molecule has 0 atom stereocenters. The zero-order chi connectivity index (χ0) is 22.5. The monoisotopic (exact) mass is 555 g/mol. The first-order valence-electron chi connectivity index (χ1n) is 9.02. The Morgan fingerprint density at radius 1 is 0.935 bits per heavy atom. The molecule has 0 spiro atoms. The van der Waals surface area contributed by atoms with Gasteiger partial charge in [-0.2, -0.15) is 0 Å². The van der Waals surface area contributed by atoms with Gasteiger partial charge in [0.2, 0.25) is 7.59 Å². The number of ether oxygens (including phenoxy) is 1. The fourth-order valence-corrected chi connectivity index (χ4v) is 3.79. The lowest BCUT2D eigenvalue weighted by Gasteiger charge is -2.15. The summed E-state index contributed by atoms with van der Waals surface area (Å²) in [6, 6.07) is 7.55. The van der Waals surface area contributed by atoms with E-state index in [4.69, 9.17) is 74.3 Å². The minimum atomic E-state index is -1.89. The Balaban J connectivity index is 1.64. The van der Waals surface area contributed by atoms with Crippen LogP contribution in [0.5, 0.6) is 0 Å². The number of thioether (sulfide) groups is 1. The third-order valence-corrected chi connectivity index (χ3v) is 5.96. The molecule has 0 radical (unpaired) electrons. The van der Waals surface area contributed by atoms with Crippen LogP contribution in [0.3, 0.4) is 0 Å². The van der Waals surface area contributed by atoms with Crippen molar-refractivity contribution in [3.63, 3.8) is 0 Å².